The van der Waals surface area contributed by atoms with Crippen molar-refractivity contribution in [3.8, 4) is 6.19 Å². The van der Waals surface area contributed by atoms with E-state index in [4.69, 9.17) is 5.26 Å². The molecule has 0 aromatic heterocycles. The maximum atomic E-state index is 12.5. The Morgan fingerprint density at radius 1 is 1.43 bits per heavy atom. The molecule has 0 aliphatic heterocycles. The number of halogens is 1. The number of hydrogen-bond acceptors (Lipinski definition) is 2. The van der Waals surface area contributed by atoms with Gasteiger partial charge in [0.2, 0.25) is 5.91 Å². The molecule has 4 heteroatoms. The van der Waals surface area contributed by atoms with Crippen molar-refractivity contribution >= 4 is 5.91 Å². The summed E-state index contributed by atoms with van der Waals surface area (Å²) in [5, 5.41) is 10.2. The van der Waals surface area contributed by atoms with Crippen molar-refractivity contribution in [3.63, 3.8) is 0 Å². The van der Waals surface area contributed by atoms with Crippen LogP contribution in [0.2, 0.25) is 0 Å². The molecule has 0 spiro atoms. The molecule has 0 aliphatic rings. The van der Waals surface area contributed by atoms with Crippen LogP contribution in [0.25, 0.3) is 0 Å². The number of hydrogen-bond donors (Lipinski definition) is 1. The van der Waals surface area contributed by atoms with Crippen LogP contribution in [0, 0.1) is 17.3 Å². The molecule has 0 aliphatic carbocycles. The number of amides is 1. The van der Waals surface area contributed by atoms with Crippen molar-refractivity contribution in [2.45, 2.75) is 12.8 Å². The quantitative estimate of drug-likeness (QED) is 0.580. The number of rotatable bonds is 3. The van der Waals surface area contributed by atoms with Crippen LogP contribution in [0.3, 0.4) is 0 Å². The third kappa shape index (κ3) is 3.23. The summed E-state index contributed by atoms with van der Waals surface area (Å²) in [7, 11) is 0. The van der Waals surface area contributed by atoms with Crippen LogP contribution in [-0.2, 0) is 11.2 Å². The highest BCUT2D eigenvalue weighted by atomic mass is 19.1. The number of nitrogens with zero attached hydrogens (tertiary/aromatic N) is 1. The van der Waals surface area contributed by atoms with Crippen LogP contribution in [0.15, 0.2) is 24.3 Å². The lowest BCUT2D eigenvalue weighted by atomic mass is 10.1. The summed E-state index contributed by atoms with van der Waals surface area (Å²) in [6, 6.07) is 5.93. The molecule has 3 nitrogen and oxygen atoms in total. The largest absolute Gasteiger partial charge is 0.274 e. The Bertz CT molecular complexity index is 353. The molecule has 0 saturated carbocycles. The fraction of sp³-hybridized carbons (Fsp3) is 0.200. The number of carbonyl (C=O) groups is 1. The van der Waals surface area contributed by atoms with Gasteiger partial charge in [0.25, 0.3) is 0 Å². The highest BCUT2D eigenvalue weighted by Crippen LogP contribution is 2.05. The minimum Gasteiger partial charge on any atom is -0.274 e. The van der Waals surface area contributed by atoms with E-state index in [1.165, 1.54) is 12.1 Å². The zero-order valence-electron chi connectivity index (χ0n) is 7.46. The van der Waals surface area contributed by atoms with Crippen molar-refractivity contribution in [1.82, 2.24) is 5.32 Å². The summed E-state index contributed by atoms with van der Waals surface area (Å²) in [6.07, 6.45) is 2.30. The first-order chi connectivity index (χ1) is 6.72. The number of benzene rings is 1. The second kappa shape index (κ2) is 4.97. The molecular formula is C10H9FN2O. The van der Waals surface area contributed by atoms with E-state index in [2.05, 4.69) is 0 Å². The van der Waals surface area contributed by atoms with E-state index >= 15 is 0 Å². The molecule has 0 atom stereocenters. The van der Waals surface area contributed by atoms with Crippen LogP contribution in [-0.4, -0.2) is 5.91 Å². The van der Waals surface area contributed by atoms with Gasteiger partial charge in [-0.15, -0.1) is 0 Å². The first kappa shape index (κ1) is 10.2. The van der Waals surface area contributed by atoms with Crippen LogP contribution in [0.5, 0.6) is 0 Å². The second-order valence-corrected chi connectivity index (χ2v) is 2.79. The van der Waals surface area contributed by atoms with E-state index in [9.17, 15) is 9.18 Å². The van der Waals surface area contributed by atoms with Gasteiger partial charge in [-0.3, -0.25) is 10.1 Å². The SMILES string of the molecule is N#CNC(=O)CCc1ccc(F)cc1. The molecule has 0 saturated heterocycles. The predicted octanol–water partition coefficient (Wildman–Crippen LogP) is 1.36. The number of aryl methyl sites for hydroxylation is 1. The molecule has 14 heavy (non-hydrogen) atoms. The van der Waals surface area contributed by atoms with Crippen molar-refractivity contribution in [2.75, 3.05) is 0 Å². The van der Waals surface area contributed by atoms with E-state index in [1.54, 1.807) is 18.3 Å². The van der Waals surface area contributed by atoms with Crippen LogP contribution >= 0.6 is 0 Å². The van der Waals surface area contributed by atoms with Crippen molar-refractivity contribution < 1.29 is 9.18 Å². The zero-order chi connectivity index (χ0) is 10.4. The van der Waals surface area contributed by atoms with Crippen LogP contribution in [0.1, 0.15) is 12.0 Å². The van der Waals surface area contributed by atoms with Gasteiger partial charge in [0.1, 0.15) is 5.82 Å². The topological polar surface area (TPSA) is 52.9 Å². The Balaban J connectivity index is 2.43. The Morgan fingerprint density at radius 3 is 2.64 bits per heavy atom. The lowest BCUT2D eigenvalue weighted by Crippen LogP contribution is -2.17. The molecular weight excluding hydrogens is 183 g/mol. The minimum atomic E-state index is -0.322. The summed E-state index contributed by atoms with van der Waals surface area (Å²) >= 11 is 0. The first-order valence-electron chi connectivity index (χ1n) is 4.15. The van der Waals surface area contributed by atoms with Crippen molar-refractivity contribution in [1.29, 1.82) is 5.26 Å². The second-order valence-electron chi connectivity index (χ2n) is 2.79. The summed E-state index contributed by atoms with van der Waals surface area (Å²) in [4.78, 5) is 10.9. The van der Waals surface area contributed by atoms with Gasteiger partial charge in [-0.2, -0.15) is 5.26 Å². The summed E-state index contributed by atoms with van der Waals surface area (Å²) in [5.41, 5.74) is 0.875. The summed E-state index contributed by atoms with van der Waals surface area (Å²) in [6.45, 7) is 0. The highest BCUT2D eigenvalue weighted by molar-refractivity contribution is 5.77. The average Bonchev–Trinajstić information content (AvgIpc) is 2.17. The standard InChI is InChI=1S/C10H9FN2O/c11-9-4-1-8(2-5-9)3-6-10(14)13-7-12/h1-2,4-5H,3,6H2,(H,13,14). The molecule has 0 radical (unpaired) electrons. The maximum absolute atomic E-state index is 12.5. The van der Waals surface area contributed by atoms with Crippen molar-refractivity contribution in [3.05, 3.63) is 35.6 Å². The molecule has 1 aromatic carbocycles. The normalized spacial score (nSPS) is 9.14. The van der Waals surface area contributed by atoms with Crippen LogP contribution in [0.4, 0.5) is 4.39 Å². The number of carbonyl (C=O) groups excluding carboxylic acids is 1. The molecule has 1 amide bonds. The average molecular weight is 192 g/mol. The molecule has 1 aromatic rings. The van der Waals surface area contributed by atoms with Crippen LogP contribution < -0.4 is 5.32 Å². The van der Waals surface area contributed by atoms with E-state index in [-0.39, 0.29) is 18.1 Å². The lowest BCUT2D eigenvalue weighted by Gasteiger charge is -1.99. The fourth-order valence-electron chi connectivity index (χ4n) is 1.03. The van der Waals surface area contributed by atoms with Gasteiger partial charge in [-0.25, -0.2) is 4.39 Å². The molecule has 1 N–H and O–H groups in total. The Hall–Kier alpha value is -1.89. The summed E-state index contributed by atoms with van der Waals surface area (Å²) < 4.78 is 12.5. The Kier molecular flexibility index (Phi) is 3.62. The van der Waals surface area contributed by atoms with Gasteiger partial charge in [0.15, 0.2) is 6.19 Å². The van der Waals surface area contributed by atoms with Crippen molar-refractivity contribution in [2.24, 2.45) is 0 Å². The molecule has 0 unspecified atom stereocenters. The van der Waals surface area contributed by atoms with Gasteiger partial charge in [0, 0.05) is 6.42 Å². The lowest BCUT2D eigenvalue weighted by molar-refractivity contribution is -0.119. The highest BCUT2D eigenvalue weighted by Gasteiger charge is 2.00. The smallest absolute Gasteiger partial charge is 0.233 e. The maximum Gasteiger partial charge on any atom is 0.233 e. The minimum absolute atomic E-state index is 0.235. The van der Waals surface area contributed by atoms with Gasteiger partial charge < -0.3 is 0 Å². The summed E-state index contributed by atoms with van der Waals surface area (Å²) in [5.74, 6) is -0.618. The molecule has 0 bridgehead atoms. The van der Waals surface area contributed by atoms with E-state index in [0.29, 0.717) is 6.42 Å². The van der Waals surface area contributed by atoms with Gasteiger partial charge in [0.05, 0.1) is 0 Å². The van der Waals surface area contributed by atoms with E-state index < -0.39 is 0 Å². The molecule has 72 valence electrons. The first-order valence-corrected chi connectivity index (χ1v) is 4.15. The van der Waals surface area contributed by atoms with E-state index in [1.807, 2.05) is 5.32 Å². The fourth-order valence-corrected chi connectivity index (χ4v) is 1.03. The third-order valence-corrected chi connectivity index (χ3v) is 1.75. The molecule has 0 fully saturated rings. The van der Waals surface area contributed by atoms with Gasteiger partial charge >= 0.3 is 0 Å². The number of nitriles is 1. The monoisotopic (exact) mass is 192 g/mol. The third-order valence-electron chi connectivity index (χ3n) is 1.75. The molecule has 0 heterocycles. The predicted molar refractivity (Wildman–Crippen MR) is 48.5 cm³/mol. The number of nitrogens with one attached hydrogen (secondary N) is 1. The Morgan fingerprint density at radius 2 is 2.07 bits per heavy atom. The van der Waals surface area contributed by atoms with Gasteiger partial charge in [-0.1, -0.05) is 12.1 Å². The zero-order valence-corrected chi connectivity index (χ0v) is 7.46. The molecule has 1 rings (SSSR count). The Labute approximate surface area is 81.2 Å². The van der Waals surface area contributed by atoms with Gasteiger partial charge in [-0.05, 0) is 24.1 Å². The van der Waals surface area contributed by atoms with E-state index in [0.717, 1.165) is 5.56 Å².